The summed E-state index contributed by atoms with van der Waals surface area (Å²) in [7, 11) is -4.04. The number of aryl methyl sites for hydroxylation is 1. The molecule has 12 heteroatoms. The van der Waals surface area contributed by atoms with E-state index in [9.17, 15) is 32.5 Å². The van der Waals surface area contributed by atoms with Crippen molar-refractivity contribution in [2.45, 2.75) is 40.3 Å². The molecule has 0 heterocycles. The molecule has 0 fully saturated rings. The van der Waals surface area contributed by atoms with Crippen LogP contribution in [-0.4, -0.2) is 55.4 Å². The number of carbonyl (C=O) groups excluding carboxylic acids is 2. The summed E-state index contributed by atoms with van der Waals surface area (Å²) in [5.41, 5.74) is 0.595. The van der Waals surface area contributed by atoms with Crippen molar-refractivity contribution in [3.8, 4) is 0 Å². The first-order chi connectivity index (χ1) is 16.7. The van der Waals surface area contributed by atoms with Crippen LogP contribution in [0.3, 0.4) is 0 Å². The molecule has 0 unspecified atom stereocenters. The van der Waals surface area contributed by atoms with Crippen molar-refractivity contribution < 1.29 is 27.3 Å². The average Bonchev–Trinajstić information content (AvgIpc) is 2.79. The number of hydrogen-bond acceptors (Lipinski definition) is 6. The Morgan fingerprint density at radius 2 is 1.72 bits per heavy atom. The van der Waals surface area contributed by atoms with Crippen LogP contribution in [0.4, 0.5) is 15.8 Å². The van der Waals surface area contributed by atoms with Gasteiger partial charge in [0, 0.05) is 25.2 Å². The lowest BCUT2D eigenvalue weighted by Gasteiger charge is -2.32. The summed E-state index contributed by atoms with van der Waals surface area (Å²) in [5.74, 6) is -1.44. The Labute approximate surface area is 210 Å². The molecule has 2 amide bonds. The molecule has 0 radical (unpaired) electrons. The van der Waals surface area contributed by atoms with Crippen LogP contribution in [0.15, 0.2) is 42.5 Å². The molecule has 0 saturated carbocycles. The van der Waals surface area contributed by atoms with Gasteiger partial charge in [0.15, 0.2) is 0 Å². The summed E-state index contributed by atoms with van der Waals surface area (Å²) in [6, 6.07) is 8.12. The molecule has 1 atom stereocenters. The highest BCUT2D eigenvalue weighted by Crippen LogP contribution is 2.28. The molecule has 0 saturated heterocycles. The third kappa shape index (κ3) is 7.74. The van der Waals surface area contributed by atoms with E-state index in [2.05, 4.69) is 5.32 Å². The molecule has 0 aliphatic carbocycles. The van der Waals surface area contributed by atoms with Gasteiger partial charge in [-0.1, -0.05) is 32.0 Å². The summed E-state index contributed by atoms with van der Waals surface area (Å²) in [6.07, 6.45) is 0.891. The second kappa shape index (κ2) is 11.9. The zero-order valence-corrected chi connectivity index (χ0v) is 21.7. The van der Waals surface area contributed by atoms with E-state index >= 15 is 0 Å². The number of rotatable bonds is 11. The molecule has 0 aromatic heterocycles. The number of non-ortho nitro benzene ring substituents is 1. The van der Waals surface area contributed by atoms with Gasteiger partial charge < -0.3 is 10.2 Å². The van der Waals surface area contributed by atoms with E-state index < -0.39 is 45.2 Å². The van der Waals surface area contributed by atoms with Gasteiger partial charge in [0.05, 0.1) is 16.9 Å². The van der Waals surface area contributed by atoms with E-state index in [4.69, 9.17) is 0 Å². The minimum absolute atomic E-state index is 0.0151. The fourth-order valence-corrected chi connectivity index (χ4v) is 4.30. The third-order valence-corrected chi connectivity index (χ3v) is 6.60. The number of nitrogens with one attached hydrogen (secondary N) is 1. The van der Waals surface area contributed by atoms with Crippen molar-refractivity contribution in [2.24, 2.45) is 5.92 Å². The summed E-state index contributed by atoms with van der Waals surface area (Å²) >= 11 is 0. The summed E-state index contributed by atoms with van der Waals surface area (Å²) in [4.78, 5) is 38.1. The fourth-order valence-electron chi connectivity index (χ4n) is 3.40. The third-order valence-electron chi connectivity index (χ3n) is 5.47. The average molecular weight is 523 g/mol. The maximum atomic E-state index is 13.5. The maximum absolute atomic E-state index is 13.5. The van der Waals surface area contributed by atoms with Crippen LogP contribution in [0.5, 0.6) is 0 Å². The van der Waals surface area contributed by atoms with Crippen LogP contribution in [0.1, 0.15) is 31.9 Å². The molecular formula is C24H31FN4O6S. The number of hydrogen-bond donors (Lipinski definition) is 1. The van der Waals surface area contributed by atoms with Crippen molar-refractivity contribution in [3.05, 3.63) is 69.5 Å². The van der Waals surface area contributed by atoms with E-state index in [-0.39, 0.29) is 23.8 Å². The molecule has 0 aliphatic rings. The van der Waals surface area contributed by atoms with Gasteiger partial charge in [-0.15, -0.1) is 0 Å². The van der Waals surface area contributed by atoms with Gasteiger partial charge in [-0.05, 0) is 43.0 Å². The monoisotopic (exact) mass is 522 g/mol. The molecule has 0 aliphatic heterocycles. The minimum Gasteiger partial charge on any atom is -0.354 e. The summed E-state index contributed by atoms with van der Waals surface area (Å²) in [5, 5.41) is 14.0. The number of anilines is 1. The second-order valence-corrected chi connectivity index (χ2v) is 10.9. The zero-order chi connectivity index (χ0) is 27.2. The van der Waals surface area contributed by atoms with Gasteiger partial charge in [-0.25, -0.2) is 12.8 Å². The Bertz CT molecular complexity index is 1220. The van der Waals surface area contributed by atoms with Crippen LogP contribution in [-0.2, 0) is 26.2 Å². The lowest BCUT2D eigenvalue weighted by atomic mass is 10.1. The van der Waals surface area contributed by atoms with Gasteiger partial charge in [0.1, 0.15) is 18.4 Å². The van der Waals surface area contributed by atoms with Crippen molar-refractivity contribution in [2.75, 3.05) is 23.7 Å². The summed E-state index contributed by atoms with van der Waals surface area (Å²) in [6.45, 7) is 6.52. The number of halogens is 1. The number of nitrogens with zero attached hydrogens (tertiary/aromatic N) is 3. The molecule has 2 aromatic rings. The maximum Gasteiger partial charge on any atom is 0.271 e. The van der Waals surface area contributed by atoms with Crippen molar-refractivity contribution in [1.29, 1.82) is 0 Å². The Balaban J connectivity index is 2.45. The van der Waals surface area contributed by atoms with Gasteiger partial charge >= 0.3 is 0 Å². The standard InChI is InChI=1S/C24H31FN4O6S/c1-16(2)13-26-24(31)18(4)27(14-19-7-9-20(25)10-8-19)23(30)15-28(36(5,34)35)22-12-21(29(32)33)11-6-17(22)3/h6-12,16,18H,13-15H2,1-5H3,(H,26,31)/t18-/m0/s1. The van der Waals surface area contributed by atoms with E-state index in [0.29, 0.717) is 17.7 Å². The van der Waals surface area contributed by atoms with Crippen LogP contribution in [0.2, 0.25) is 0 Å². The SMILES string of the molecule is Cc1ccc([N+](=O)[O-])cc1N(CC(=O)N(Cc1ccc(F)cc1)[C@@H](C)C(=O)NCC(C)C)S(C)(=O)=O. The molecular weight excluding hydrogens is 491 g/mol. The quantitative estimate of drug-likeness (QED) is 0.357. The van der Waals surface area contributed by atoms with E-state index in [1.54, 1.807) is 6.92 Å². The van der Waals surface area contributed by atoms with Gasteiger partial charge in [0.25, 0.3) is 5.69 Å². The van der Waals surface area contributed by atoms with Crippen LogP contribution >= 0.6 is 0 Å². The molecule has 10 nitrogen and oxygen atoms in total. The number of benzene rings is 2. The smallest absolute Gasteiger partial charge is 0.271 e. The molecule has 2 aromatic carbocycles. The molecule has 0 spiro atoms. The van der Waals surface area contributed by atoms with E-state index in [0.717, 1.165) is 16.6 Å². The summed E-state index contributed by atoms with van der Waals surface area (Å²) < 4.78 is 39.5. The normalized spacial score (nSPS) is 12.2. The topological polar surface area (TPSA) is 130 Å². The number of sulfonamides is 1. The Morgan fingerprint density at radius 3 is 2.25 bits per heavy atom. The highest BCUT2D eigenvalue weighted by Gasteiger charge is 2.31. The lowest BCUT2D eigenvalue weighted by molar-refractivity contribution is -0.384. The van der Waals surface area contributed by atoms with Crippen LogP contribution in [0, 0.1) is 28.8 Å². The number of nitro benzene ring substituents is 1. The zero-order valence-electron chi connectivity index (χ0n) is 20.9. The van der Waals surface area contributed by atoms with Crippen molar-refractivity contribution in [1.82, 2.24) is 10.2 Å². The van der Waals surface area contributed by atoms with E-state index in [1.165, 1.54) is 48.2 Å². The highest BCUT2D eigenvalue weighted by atomic mass is 32.2. The first-order valence-electron chi connectivity index (χ1n) is 11.2. The molecule has 36 heavy (non-hydrogen) atoms. The van der Waals surface area contributed by atoms with Gasteiger partial charge in [0.2, 0.25) is 21.8 Å². The predicted molar refractivity (Wildman–Crippen MR) is 134 cm³/mol. The highest BCUT2D eigenvalue weighted by molar-refractivity contribution is 7.92. The Hall–Kier alpha value is -3.54. The minimum atomic E-state index is -4.04. The van der Waals surface area contributed by atoms with Crippen molar-refractivity contribution >= 4 is 33.2 Å². The molecule has 1 N–H and O–H groups in total. The predicted octanol–water partition coefficient (Wildman–Crippen LogP) is 3.00. The lowest BCUT2D eigenvalue weighted by Crippen LogP contribution is -2.51. The number of amides is 2. The van der Waals surface area contributed by atoms with E-state index in [1.807, 2.05) is 13.8 Å². The van der Waals surface area contributed by atoms with Crippen molar-refractivity contribution in [3.63, 3.8) is 0 Å². The number of carbonyl (C=O) groups is 2. The van der Waals surface area contributed by atoms with Crippen LogP contribution in [0.25, 0.3) is 0 Å². The first kappa shape index (κ1) is 28.7. The molecule has 2 rings (SSSR count). The Morgan fingerprint density at radius 1 is 1.11 bits per heavy atom. The molecule has 196 valence electrons. The number of nitro groups is 1. The fraction of sp³-hybridized carbons (Fsp3) is 0.417. The van der Waals surface area contributed by atoms with Gasteiger partial charge in [-0.3, -0.25) is 24.0 Å². The second-order valence-electron chi connectivity index (χ2n) is 8.96. The largest absolute Gasteiger partial charge is 0.354 e. The van der Waals surface area contributed by atoms with Crippen LogP contribution < -0.4 is 9.62 Å². The Kier molecular flexibility index (Phi) is 9.51. The molecule has 0 bridgehead atoms. The van der Waals surface area contributed by atoms with Gasteiger partial charge in [-0.2, -0.15) is 0 Å². The first-order valence-corrected chi connectivity index (χ1v) is 13.1.